The lowest BCUT2D eigenvalue weighted by Crippen LogP contribution is -2.61. The van der Waals surface area contributed by atoms with Gasteiger partial charge >= 0.3 is 0 Å². The predicted octanol–water partition coefficient (Wildman–Crippen LogP) is 3.38. The van der Waals surface area contributed by atoms with E-state index in [1.807, 2.05) is 0 Å². The van der Waals surface area contributed by atoms with Crippen LogP contribution in [0.3, 0.4) is 0 Å². The van der Waals surface area contributed by atoms with Gasteiger partial charge in [-0.25, -0.2) is 0 Å². The first kappa shape index (κ1) is 12.3. The molecule has 1 aliphatic heterocycles. The molecule has 14 heavy (non-hydrogen) atoms. The van der Waals surface area contributed by atoms with E-state index in [0.29, 0.717) is 11.0 Å². The Kier molecular flexibility index (Phi) is 3.53. The molecule has 1 saturated heterocycles. The molecule has 1 aliphatic carbocycles. The lowest BCUT2D eigenvalue weighted by Gasteiger charge is -2.56. The Labute approximate surface area is 94.4 Å². The van der Waals surface area contributed by atoms with Gasteiger partial charge in [0.05, 0.1) is 0 Å². The van der Waals surface area contributed by atoms with Crippen molar-refractivity contribution in [3.8, 4) is 0 Å². The molecule has 2 rings (SSSR count). The van der Waals surface area contributed by atoms with Crippen LogP contribution in [0.5, 0.6) is 0 Å². The number of fused-ring (bicyclic) bond motifs is 1. The molecule has 0 aromatic carbocycles. The van der Waals surface area contributed by atoms with Crippen molar-refractivity contribution in [3.63, 3.8) is 0 Å². The van der Waals surface area contributed by atoms with Gasteiger partial charge in [0.1, 0.15) is 0 Å². The minimum absolute atomic E-state index is 0. The van der Waals surface area contributed by atoms with E-state index < -0.39 is 0 Å². The number of piperidine rings is 1. The predicted molar refractivity (Wildman–Crippen MR) is 64.0 cm³/mol. The minimum atomic E-state index is 0. The molecule has 0 aromatic heterocycles. The van der Waals surface area contributed by atoms with Crippen LogP contribution in [0.15, 0.2) is 0 Å². The van der Waals surface area contributed by atoms with Gasteiger partial charge in [-0.2, -0.15) is 0 Å². The Morgan fingerprint density at radius 2 is 1.79 bits per heavy atom. The largest absolute Gasteiger partial charge is 0.311 e. The van der Waals surface area contributed by atoms with E-state index >= 15 is 0 Å². The molecule has 1 nitrogen and oxygen atoms in total. The number of halogens is 1. The third-order valence-corrected chi connectivity index (χ3v) is 4.89. The Morgan fingerprint density at radius 3 is 2.43 bits per heavy atom. The average Bonchev–Trinajstić information content (AvgIpc) is 2.06. The van der Waals surface area contributed by atoms with Crippen molar-refractivity contribution in [1.29, 1.82) is 0 Å². The van der Waals surface area contributed by atoms with Crippen LogP contribution in [0, 0.1) is 11.3 Å². The van der Waals surface area contributed by atoms with Gasteiger partial charge in [-0.05, 0) is 51.0 Å². The zero-order chi connectivity index (χ0) is 9.53. The number of hydrogen-bond acceptors (Lipinski definition) is 1. The number of rotatable bonds is 0. The molecule has 1 heterocycles. The maximum Gasteiger partial charge on any atom is 0.0181 e. The summed E-state index contributed by atoms with van der Waals surface area (Å²) < 4.78 is 0. The molecule has 0 radical (unpaired) electrons. The van der Waals surface area contributed by atoms with Gasteiger partial charge in [0, 0.05) is 5.54 Å². The molecule has 2 atom stereocenters. The molecule has 84 valence electrons. The third kappa shape index (κ3) is 1.69. The van der Waals surface area contributed by atoms with Crippen molar-refractivity contribution in [2.45, 2.75) is 58.4 Å². The molecule has 2 fully saturated rings. The van der Waals surface area contributed by atoms with E-state index in [4.69, 9.17) is 0 Å². The second-order valence-electron chi connectivity index (χ2n) is 5.70. The van der Waals surface area contributed by atoms with E-state index in [0.717, 1.165) is 5.92 Å². The highest BCUT2D eigenvalue weighted by molar-refractivity contribution is 5.85. The summed E-state index contributed by atoms with van der Waals surface area (Å²) >= 11 is 0. The van der Waals surface area contributed by atoms with Crippen molar-refractivity contribution in [3.05, 3.63) is 0 Å². The van der Waals surface area contributed by atoms with Gasteiger partial charge in [0.25, 0.3) is 0 Å². The quantitative estimate of drug-likeness (QED) is 0.656. The van der Waals surface area contributed by atoms with Crippen LogP contribution in [-0.2, 0) is 0 Å². The fourth-order valence-corrected chi connectivity index (χ4v) is 3.45. The molecule has 2 aliphatic rings. The third-order valence-electron chi connectivity index (χ3n) is 4.89. The second-order valence-corrected chi connectivity index (χ2v) is 5.70. The van der Waals surface area contributed by atoms with Crippen LogP contribution in [0.4, 0.5) is 0 Å². The lowest BCUT2D eigenvalue weighted by atomic mass is 9.56. The zero-order valence-corrected chi connectivity index (χ0v) is 10.5. The van der Waals surface area contributed by atoms with Crippen molar-refractivity contribution in [2.75, 3.05) is 6.54 Å². The van der Waals surface area contributed by atoms with Crippen molar-refractivity contribution in [2.24, 2.45) is 11.3 Å². The van der Waals surface area contributed by atoms with Crippen LogP contribution in [0.25, 0.3) is 0 Å². The molecule has 0 unspecified atom stereocenters. The van der Waals surface area contributed by atoms with Crippen LogP contribution < -0.4 is 5.32 Å². The van der Waals surface area contributed by atoms with Crippen molar-refractivity contribution < 1.29 is 0 Å². The van der Waals surface area contributed by atoms with Gasteiger partial charge in [-0.3, -0.25) is 0 Å². The highest BCUT2D eigenvalue weighted by atomic mass is 35.5. The Bertz CT molecular complexity index is 200. The molecular weight excluding hydrogens is 194 g/mol. The van der Waals surface area contributed by atoms with E-state index in [-0.39, 0.29) is 12.4 Å². The fourth-order valence-electron chi connectivity index (χ4n) is 3.45. The number of hydrogen-bond donors (Lipinski definition) is 1. The summed E-state index contributed by atoms with van der Waals surface area (Å²) in [4.78, 5) is 0. The van der Waals surface area contributed by atoms with Crippen LogP contribution in [0.2, 0.25) is 0 Å². The van der Waals surface area contributed by atoms with Gasteiger partial charge < -0.3 is 5.32 Å². The van der Waals surface area contributed by atoms with E-state index in [1.165, 1.54) is 38.6 Å². The van der Waals surface area contributed by atoms with Crippen molar-refractivity contribution in [1.82, 2.24) is 5.32 Å². The zero-order valence-electron chi connectivity index (χ0n) is 9.73. The Morgan fingerprint density at radius 1 is 1.07 bits per heavy atom. The van der Waals surface area contributed by atoms with Gasteiger partial charge in [-0.1, -0.05) is 19.8 Å². The van der Waals surface area contributed by atoms with E-state index in [1.54, 1.807) is 0 Å². The first-order valence-electron chi connectivity index (χ1n) is 5.81. The van der Waals surface area contributed by atoms with Crippen LogP contribution >= 0.6 is 12.4 Å². The standard InChI is InChI=1S/C12H23N.ClH/c1-11(2)12(3)8-5-4-6-10(12)7-9-13-11;/h10,13H,4-9H2,1-3H3;1H/t10-,12+;/m1./s1. The normalized spacial score (nSPS) is 40.9. The first-order valence-corrected chi connectivity index (χ1v) is 5.81. The minimum Gasteiger partial charge on any atom is -0.311 e. The van der Waals surface area contributed by atoms with Gasteiger partial charge in [0.2, 0.25) is 0 Å². The smallest absolute Gasteiger partial charge is 0.0181 e. The van der Waals surface area contributed by atoms with Gasteiger partial charge in [0.15, 0.2) is 0 Å². The molecular formula is C12H24ClN. The highest BCUT2D eigenvalue weighted by Gasteiger charge is 2.49. The van der Waals surface area contributed by atoms with Crippen molar-refractivity contribution >= 4 is 12.4 Å². The lowest BCUT2D eigenvalue weighted by molar-refractivity contribution is -0.0155. The summed E-state index contributed by atoms with van der Waals surface area (Å²) in [5.41, 5.74) is 0.917. The molecule has 1 saturated carbocycles. The maximum atomic E-state index is 3.70. The van der Waals surface area contributed by atoms with Crippen LogP contribution in [0.1, 0.15) is 52.9 Å². The van der Waals surface area contributed by atoms with E-state index in [2.05, 4.69) is 26.1 Å². The van der Waals surface area contributed by atoms with Crippen LogP contribution in [-0.4, -0.2) is 12.1 Å². The first-order chi connectivity index (χ1) is 6.06. The SMILES string of the molecule is CC1(C)NCC[C@H]2CCCC[C@@]21C.Cl. The molecule has 2 heteroatoms. The average molecular weight is 218 g/mol. The summed E-state index contributed by atoms with van der Waals surface area (Å²) in [6.45, 7) is 8.52. The van der Waals surface area contributed by atoms with E-state index in [9.17, 15) is 0 Å². The number of nitrogens with one attached hydrogen (secondary N) is 1. The summed E-state index contributed by atoms with van der Waals surface area (Å²) in [5.74, 6) is 0.984. The maximum absolute atomic E-state index is 3.70. The Balaban J connectivity index is 0.000000980. The molecule has 0 spiro atoms. The molecule has 1 N–H and O–H groups in total. The summed E-state index contributed by atoms with van der Waals surface area (Å²) in [5, 5.41) is 3.70. The molecule has 0 aromatic rings. The summed E-state index contributed by atoms with van der Waals surface area (Å²) in [6.07, 6.45) is 7.22. The monoisotopic (exact) mass is 217 g/mol. The topological polar surface area (TPSA) is 12.0 Å². The Hall–Kier alpha value is 0.250. The summed E-state index contributed by atoms with van der Waals surface area (Å²) in [7, 11) is 0. The second kappa shape index (κ2) is 4.02. The van der Waals surface area contributed by atoms with Gasteiger partial charge in [-0.15, -0.1) is 12.4 Å². The molecule has 0 bridgehead atoms. The summed E-state index contributed by atoms with van der Waals surface area (Å²) in [6, 6.07) is 0. The fraction of sp³-hybridized carbons (Fsp3) is 1.00. The highest BCUT2D eigenvalue weighted by Crippen LogP contribution is 2.51. The molecule has 0 amide bonds.